The fourth-order valence-electron chi connectivity index (χ4n) is 4.36. The summed E-state index contributed by atoms with van der Waals surface area (Å²) in [6.45, 7) is 0.668. The first-order valence-electron chi connectivity index (χ1n) is 8.98. The standard InChI is InChI=1S/C21H14N4O3/c26-20-21(12-27-17-8-7-15-19(18(17)21)24-28-23-15)14-5-1-2-6-16(14)25(20)11-13-4-3-9-22-10-13/h1-10H,11-12H2. The number of rotatable bonds is 2. The van der Waals surface area contributed by atoms with Gasteiger partial charge in [0.05, 0.1) is 6.54 Å². The predicted molar refractivity (Wildman–Crippen MR) is 99.9 cm³/mol. The minimum atomic E-state index is -0.952. The van der Waals surface area contributed by atoms with Crippen LogP contribution >= 0.6 is 0 Å². The summed E-state index contributed by atoms with van der Waals surface area (Å²) in [6, 6.07) is 15.3. The zero-order valence-electron chi connectivity index (χ0n) is 14.7. The Labute approximate surface area is 159 Å². The first-order valence-corrected chi connectivity index (χ1v) is 8.98. The van der Waals surface area contributed by atoms with Crippen molar-refractivity contribution in [2.45, 2.75) is 12.0 Å². The maximum absolute atomic E-state index is 13.9. The summed E-state index contributed by atoms with van der Waals surface area (Å²) in [7, 11) is 0. The summed E-state index contributed by atoms with van der Waals surface area (Å²) in [5.74, 6) is 0.612. The van der Waals surface area contributed by atoms with Crippen LogP contribution in [0.3, 0.4) is 0 Å². The Bertz CT molecular complexity index is 1240. The van der Waals surface area contributed by atoms with Gasteiger partial charge in [-0.2, -0.15) is 0 Å². The SMILES string of the molecule is O=C1N(Cc2cccnc2)c2ccccc2C12COc1ccc3nonc3c12. The van der Waals surface area contributed by atoms with Gasteiger partial charge in [-0.05, 0) is 45.7 Å². The number of benzene rings is 2. The Balaban J connectivity index is 1.59. The van der Waals surface area contributed by atoms with E-state index in [2.05, 4.69) is 15.3 Å². The summed E-state index contributed by atoms with van der Waals surface area (Å²) >= 11 is 0. The Hall–Kier alpha value is -3.74. The van der Waals surface area contributed by atoms with Crippen LogP contribution in [0.1, 0.15) is 16.7 Å². The Morgan fingerprint density at radius 3 is 2.89 bits per heavy atom. The molecule has 0 saturated carbocycles. The molecule has 7 heteroatoms. The van der Waals surface area contributed by atoms with Crippen LogP contribution in [0.2, 0.25) is 0 Å². The van der Waals surface area contributed by atoms with Crippen molar-refractivity contribution in [3.8, 4) is 5.75 Å². The molecule has 1 spiro atoms. The second kappa shape index (κ2) is 5.39. The number of para-hydroxylation sites is 1. The van der Waals surface area contributed by atoms with E-state index in [-0.39, 0.29) is 12.5 Å². The minimum absolute atomic E-state index is 0.0354. The molecule has 0 bridgehead atoms. The number of fused-ring (bicyclic) bond motifs is 6. The minimum Gasteiger partial charge on any atom is -0.491 e. The first kappa shape index (κ1) is 15.3. The number of anilines is 1. The van der Waals surface area contributed by atoms with Gasteiger partial charge in [0.25, 0.3) is 0 Å². The predicted octanol–water partition coefficient (Wildman–Crippen LogP) is 2.84. The second-order valence-corrected chi connectivity index (χ2v) is 7.03. The van der Waals surface area contributed by atoms with Crippen molar-refractivity contribution in [2.75, 3.05) is 11.5 Å². The number of carbonyl (C=O) groups excluding carboxylic acids is 1. The average Bonchev–Trinajstić information content (AvgIpc) is 3.42. The first-order chi connectivity index (χ1) is 13.8. The normalized spacial score (nSPS) is 19.9. The molecule has 7 nitrogen and oxygen atoms in total. The molecule has 0 N–H and O–H groups in total. The Kier molecular flexibility index (Phi) is 2.95. The number of ether oxygens (including phenoxy) is 1. The summed E-state index contributed by atoms with van der Waals surface area (Å²) in [5, 5.41) is 8.02. The Morgan fingerprint density at radius 1 is 1.07 bits per heavy atom. The summed E-state index contributed by atoms with van der Waals surface area (Å²) in [6.07, 6.45) is 3.50. The molecule has 0 saturated heterocycles. The largest absolute Gasteiger partial charge is 0.491 e. The highest BCUT2D eigenvalue weighted by molar-refractivity contribution is 6.13. The summed E-state index contributed by atoms with van der Waals surface area (Å²) in [5.41, 5.74) is 3.72. The van der Waals surface area contributed by atoms with E-state index < -0.39 is 5.41 Å². The third-order valence-electron chi connectivity index (χ3n) is 5.59. The van der Waals surface area contributed by atoms with Crippen LogP contribution in [0, 0.1) is 0 Å². The van der Waals surface area contributed by atoms with Gasteiger partial charge in [0, 0.05) is 23.6 Å². The van der Waals surface area contributed by atoms with Gasteiger partial charge in [-0.15, -0.1) is 0 Å². The molecule has 1 amide bonds. The number of pyridine rings is 1. The van der Waals surface area contributed by atoms with Crippen LogP contribution in [-0.4, -0.2) is 27.8 Å². The molecule has 4 heterocycles. The van der Waals surface area contributed by atoms with Gasteiger partial charge in [0.2, 0.25) is 5.91 Å². The molecule has 2 aliphatic rings. The van der Waals surface area contributed by atoms with Crippen molar-refractivity contribution in [1.82, 2.24) is 15.3 Å². The van der Waals surface area contributed by atoms with E-state index in [0.717, 1.165) is 22.4 Å². The molecular weight excluding hydrogens is 356 g/mol. The number of nitrogens with zero attached hydrogens (tertiary/aromatic N) is 4. The molecule has 1 unspecified atom stereocenters. The molecule has 6 rings (SSSR count). The summed E-state index contributed by atoms with van der Waals surface area (Å²) in [4.78, 5) is 19.8. The number of aromatic nitrogens is 3. The van der Waals surface area contributed by atoms with E-state index in [1.54, 1.807) is 23.4 Å². The van der Waals surface area contributed by atoms with E-state index >= 15 is 0 Å². The van der Waals surface area contributed by atoms with Crippen LogP contribution in [0.25, 0.3) is 11.0 Å². The zero-order chi connectivity index (χ0) is 18.7. The smallest absolute Gasteiger partial charge is 0.246 e. The maximum atomic E-state index is 13.9. The molecule has 28 heavy (non-hydrogen) atoms. The van der Waals surface area contributed by atoms with Crippen molar-refractivity contribution >= 4 is 22.6 Å². The fourth-order valence-corrected chi connectivity index (χ4v) is 4.36. The van der Waals surface area contributed by atoms with Crippen molar-refractivity contribution in [1.29, 1.82) is 0 Å². The van der Waals surface area contributed by atoms with Gasteiger partial charge < -0.3 is 9.64 Å². The van der Waals surface area contributed by atoms with Crippen LogP contribution in [0.5, 0.6) is 5.75 Å². The highest BCUT2D eigenvalue weighted by Crippen LogP contribution is 2.54. The zero-order valence-corrected chi connectivity index (χ0v) is 14.7. The van der Waals surface area contributed by atoms with E-state index in [1.165, 1.54) is 0 Å². The topological polar surface area (TPSA) is 81.4 Å². The molecular formula is C21H14N4O3. The van der Waals surface area contributed by atoms with E-state index in [4.69, 9.17) is 9.37 Å². The number of hydrogen-bond acceptors (Lipinski definition) is 6. The third kappa shape index (κ3) is 1.82. The lowest BCUT2D eigenvalue weighted by Crippen LogP contribution is -2.42. The van der Waals surface area contributed by atoms with Crippen LogP contribution in [0.4, 0.5) is 5.69 Å². The highest BCUT2D eigenvalue weighted by Gasteiger charge is 2.58. The van der Waals surface area contributed by atoms with Gasteiger partial charge >= 0.3 is 0 Å². The lowest BCUT2D eigenvalue weighted by molar-refractivity contribution is -0.122. The molecule has 2 aromatic heterocycles. The number of hydrogen-bond donors (Lipinski definition) is 0. The van der Waals surface area contributed by atoms with Crippen LogP contribution in [0.15, 0.2) is 65.6 Å². The quantitative estimate of drug-likeness (QED) is 0.540. The molecule has 2 aromatic carbocycles. The van der Waals surface area contributed by atoms with Crippen molar-refractivity contribution < 1.29 is 14.2 Å². The van der Waals surface area contributed by atoms with E-state index in [9.17, 15) is 4.79 Å². The van der Waals surface area contributed by atoms with Gasteiger partial charge in [-0.3, -0.25) is 9.78 Å². The van der Waals surface area contributed by atoms with Gasteiger partial charge in [0.1, 0.15) is 28.8 Å². The third-order valence-corrected chi connectivity index (χ3v) is 5.59. The van der Waals surface area contributed by atoms with Crippen molar-refractivity contribution in [2.24, 2.45) is 0 Å². The van der Waals surface area contributed by atoms with Gasteiger partial charge in [0.15, 0.2) is 0 Å². The monoisotopic (exact) mass is 370 g/mol. The average molecular weight is 370 g/mol. The highest BCUT2D eigenvalue weighted by atomic mass is 16.6. The molecule has 0 fully saturated rings. The van der Waals surface area contributed by atoms with Crippen LogP contribution < -0.4 is 9.64 Å². The van der Waals surface area contributed by atoms with Gasteiger partial charge in [-0.25, -0.2) is 4.63 Å². The Morgan fingerprint density at radius 2 is 2.00 bits per heavy atom. The summed E-state index contributed by atoms with van der Waals surface area (Å²) < 4.78 is 10.9. The molecule has 0 aliphatic carbocycles. The van der Waals surface area contributed by atoms with Crippen molar-refractivity contribution in [3.05, 3.63) is 77.6 Å². The van der Waals surface area contributed by atoms with Crippen LogP contribution in [-0.2, 0) is 16.8 Å². The van der Waals surface area contributed by atoms with Crippen molar-refractivity contribution in [3.63, 3.8) is 0 Å². The lowest BCUT2D eigenvalue weighted by atomic mass is 9.76. The fraction of sp³-hybridized carbons (Fsp3) is 0.143. The number of carbonyl (C=O) groups is 1. The molecule has 2 aliphatic heterocycles. The lowest BCUT2D eigenvalue weighted by Gasteiger charge is -2.23. The second-order valence-electron chi connectivity index (χ2n) is 7.03. The van der Waals surface area contributed by atoms with Gasteiger partial charge in [-0.1, -0.05) is 24.3 Å². The van der Waals surface area contributed by atoms with E-state index in [0.29, 0.717) is 23.3 Å². The number of amides is 1. The molecule has 0 radical (unpaired) electrons. The molecule has 1 atom stereocenters. The maximum Gasteiger partial charge on any atom is 0.246 e. The molecule has 136 valence electrons. The van der Waals surface area contributed by atoms with E-state index in [1.807, 2.05) is 42.5 Å². The molecule has 4 aromatic rings.